The summed E-state index contributed by atoms with van der Waals surface area (Å²) in [6.45, 7) is 9.43. The lowest BCUT2D eigenvalue weighted by Gasteiger charge is -2.06. The van der Waals surface area contributed by atoms with E-state index in [1.807, 2.05) is 13.8 Å². The van der Waals surface area contributed by atoms with Crippen molar-refractivity contribution < 1.29 is 9.53 Å². The first-order chi connectivity index (χ1) is 10.0. The van der Waals surface area contributed by atoms with Crippen LogP contribution < -0.4 is 10.0 Å². The molecule has 0 saturated carbocycles. The highest BCUT2D eigenvalue weighted by molar-refractivity contribution is 8.75. The molecule has 0 saturated heterocycles. The molecule has 0 atom stereocenters. The van der Waals surface area contributed by atoms with Crippen LogP contribution in [-0.4, -0.2) is 31.0 Å². The summed E-state index contributed by atoms with van der Waals surface area (Å²) < 4.78 is 8.70. The highest BCUT2D eigenvalue weighted by Crippen LogP contribution is 2.17. The predicted octanol–water partition coefficient (Wildman–Crippen LogP) is 3.20. The SMILES string of the molecule is CC(C)C#CCNC(=O)CCCCOCSSNC(C)C. The fourth-order valence-electron chi connectivity index (χ4n) is 1.22. The van der Waals surface area contributed by atoms with Gasteiger partial charge in [0.05, 0.1) is 6.54 Å². The Kier molecular flexibility index (Phi) is 14.3. The topological polar surface area (TPSA) is 50.4 Å². The standard InChI is InChI=1S/C15H28N2O2S2/c1-13(2)8-7-10-16-15(18)9-5-6-11-19-12-20-21-17-14(3)4/h13-14,17H,5-6,9-12H2,1-4H3,(H,16,18). The van der Waals surface area contributed by atoms with Crippen molar-refractivity contribution in [2.75, 3.05) is 19.1 Å². The number of nitrogens with one attached hydrogen (secondary N) is 2. The van der Waals surface area contributed by atoms with Crippen LogP contribution in [0.25, 0.3) is 0 Å². The molecule has 0 aliphatic rings. The largest absolute Gasteiger partial charge is 0.370 e. The maximum Gasteiger partial charge on any atom is 0.220 e. The molecule has 4 nitrogen and oxygen atoms in total. The van der Waals surface area contributed by atoms with E-state index >= 15 is 0 Å². The van der Waals surface area contributed by atoms with Crippen molar-refractivity contribution in [1.29, 1.82) is 0 Å². The Morgan fingerprint density at radius 3 is 2.67 bits per heavy atom. The maximum atomic E-state index is 11.5. The summed E-state index contributed by atoms with van der Waals surface area (Å²) in [7, 11) is 3.26. The molecule has 0 aromatic heterocycles. The van der Waals surface area contributed by atoms with E-state index < -0.39 is 0 Å². The van der Waals surface area contributed by atoms with Gasteiger partial charge in [-0.2, -0.15) is 0 Å². The minimum atomic E-state index is 0.0686. The van der Waals surface area contributed by atoms with Crippen molar-refractivity contribution in [3.05, 3.63) is 0 Å². The highest BCUT2D eigenvalue weighted by Gasteiger charge is 1.99. The number of carbonyl (C=O) groups is 1. The Labute approximate surface area is 137 Å². The summed E-state index contributed by atoms with van der Waals surface area (Å²) >= 11 is 0. The zero-order valence-corrected chi connectivity index (χ0v) is 15.2. The minimum absolute atomic E-state index is 0.0686. The molecule has 6 heteroatoms. The van der Waals surface area contributed by atoms with Gasteiger partial charge in [0.1, 0.15) is 5.94 Å². The Morgan fingerprint density at radius 2 is 2.00 bits per heavy atom. The van der Waals surface area contributed by atoms with Crippen molar-refractivity contribution in [2.24, 2.45) is 5.92 Å². The van der Waals surface area contributed by atoms with Crippen LogP contribution in [-0.2, 0) is 9.53 Å². The first kappa shape index (κ1) is 20.6. The van der Waals surface area contributed by atoms with Crippen molar-refractivity contribution >= 4 is 27.7 Å². The molecule has 0 bridgehead atoms. The van der Waals surface area contributed by atoms with Crippen LogP contribution in [0.2, 0.25) is 0 Å². The third kappa shape index (κ3) is 17.6. The summed E-state index contributed by atoms with van der Waals surface area (Å²) in [5, 5.41) is 2.80. The summed E-state index contributed by atoms with van der Waals surface area (Å²) in [5.74, 6) is 7.04. The third-order valence-electron chi connectivity index (χ3n) is 2.18. The third-order valence-corrected chi connectivity index (χ3v) is 4.06. The van der Waals surface area contributed by atoms with Gasteiger partial charge >= 0.3 is 0 Å². The van der Waals surface area contributed by atoms with Gasteiger partial charge in [0, 0.05) is 25.0 Å². The van der Waals surface area contributed by atoms with Gasteiger partial charge in [0.25, 0.3) is 0 Å². The van der Waals surface area contributed by atoms with E-state index in [0.717, 1.165) is 12.8 Å². The minimum Gasteiger partial charge on any atom is -0.370 e. The lowest BCUT2D eigenvalue weighted by molar-refractivity contribution is -0.121. The van der Waals surface area contributed by atoms with Gasteiger partial charge in [0.15, 0.2) is 0 Å². The number of ether oxygens (including phenoxy) is 1. The van der Waals surface area contributed by atoms with Gasteiger partial charge in [0.2, 0.25) is 5.91 Å². The molecule has 122 valence electrons. The summed E-state index contributed by atoms with van der Waals surface area (Å²) in [5.41, 5.74) is 0. The van der Waals surface area contributed by atoms with Gasteiger partial charge in [-0.25, -0.2) is 0 Å². The average Bonchev–Trinajstić information content (AvgIpc) is 2.41. The van der Waals surface area contributed by atoms with Crippen LogP contribution >= 0.6 is 21.8 Å². The Hall–Kier alpha value is -0.350. The summed E-state index contributed by atoms with van der Waals surface area (Å²) in [4.78, 5) is 11.5. The Balaban J connectivity index is 3.28. The van der Waals surface area contributed by atoms with Crippen molar-refractivity contribution in [1.82, 2.24) is 10.0 Å². The number of rotatable bonds is 11. The lowest BCUT2D eigenvalue weighted by atomic mass is 10.2. The van der Waals surface area contributed by atoms with Crippen molar-refractivity contribution in [3.8, 4) is 11.8 Å². The molecule has 0 radical (unpaired) electrons. The molecule has 2 N–H and O–H groups in total. The fourth-order valence-corrected chi connectivity index (χ4v) is 2.85. The summed E-state index contributed by atoms with van der Waals surface area (Å²) in [6.07, 6.45) is 2.31. The highest BCUT2D eigenvalue weighted by atomic mass is 33.1. The van der Waals surface area contributed by atoms with E-state index in [9.17, 15) is 4.79 Å². The fraction of sp³-hybridized carbons (Fsp3) is 0.800. The quantitative estimate of drug-likeness (QED) is 0.200. The van der Waals surface area contributed by atoms with Crippen molar-refractivity contribution in [3.63, 3.8) is 0 Å². The smallest absolute Gasteiger partial charge is 0.220 e. The van der Waals surface area contributed by atoms with Crippen LogP contribution in [0.5, 0.6) is 0 Å². The predicted molar refractivity (Wildman–Crippen MR) is 93.7 cm³/mol. The van der Waals surface area contributed by atoms with Gasteiger partial charge < -0.3 is 10.1 Å². The number of carbonyl (C=O) groups excluding carboxylic acids is 1. The van der Waals surface area contributed by atoms with Crippen LogP contribution in [0, 0.1) is 17.8 Å². The molecule has 0 aromatic rings. The molecule has 0 aliphatic heterocycles. The Morgan fingerprint density at radius 1 is 1.24 bits per heavy atom. The second kappa shape index (κ2) is 14.6. The van der Waals surface area contributed by atoms with Crippen LogP contribution in [0.15, 0.2) is 0 Å². The molecule has 0 spiro atoms. The van der Waals surface area contributed by atoms with E-state index in [1.54, 1.807) is 21.8 Å². The van der Waals surface area contributed by atoms with Gasteiger partial charge in [-0.15, -0.1) is 0 Å². The number of unbranched alkanes of at least 4 members (excludes halogenated alkanes) is 1. The molecular weight excluding hydrogens is 304 g/mol. The van der Waals surface area contributed by atoms with E-state index in [-0.39, 0.29) is 5.91 Å². The molecule has 1 amide bonds. The molecule has 0 aromatic carbocycles. The second-order valence-corrected chi connectivity index (χ2v) is 7.29. The van der Waals surface area contributed by atoms with Gasteiger partial charge in [-0.1, -0.05) is 25.7 Å². The molecule has 21 heavy (non-hydrogen) atoms. The number of hydrogen-bond donors (Lipinski definition) is 2. The van der Waals surface area contributed by atoms with Crippen LogP contribution in [0.1, 0.15) is 47.0 Å². The molecule has 0 rings (SSSR count). The molecule has 0 heterocycles. The molecule has 0 unspecified atom stereocenters. The van der Waals surface area contributed by atoms with Gasteiger partial charge in [-0.3, -0.25) is 9.52 Å². The Bertz CT molecular complexity index is 325. The van der Waals surface area contributed by atoms with Crippen LogP contribution in [0.3, 0.4) is 0 Å². The van der Waals surface area contributed by atoms with Crippen LogP contribution in [0.4, 0.5) is 0 Å². The zero-order chi connectivity index (χ0) is 15.9. The summed E-state index contributed by atoms with van der Waals surface area (Å²) in [6, 6.07) is 0.478. The monoisotopic (exact) mass is 332 g/mol. The maximum absolute atomic E-state index is 11.5. The lowest BCUT2D eigenvalue weighted by Crippen LogP contribution is -2.23. The average molecular weight is 333 g/mol. The number of hydrogen-bond acceptors (Lipinski definition) is 5. The molecule has 0 fully saturated rings. The zero-order valence-electron chi connectivity index (χ0n) is 13.5. The molecular formula is C15H28N2O2S2. The van der Waals surface area contributed by atoms with E-state index in [0.29, 0.717) is 37.5 Å². The number of amides is 1. The van der Waals surface area contributed by atoms with E-state index in [1.165, 1.54) is 0 Å². The first-order valence-corrected chi connectivity index (χ1v) is 9.71. The second-order valence-electron chi connectivity index (χ2n) is 5.21. The first-order valence-electron chi connectivity index (χ1n) is 7.39. The van der Waals surface area contributed by atoms with E-state index in [4.69, 9.17) is 4.74 Å². The van der Waals surface area contributed by atoms with Crippen molar-refractivity contribution in [2.45, 2.75) is 53.0 Å². The molecule has 0 aliphatic carbocycles. The van der Waals surface area contributed by atoms with E-state index in [2.05, 4.69) is 35.7 Å². The van der Waals surface area contributed by atoms with Gasteiger partial charge in [-0.05, 0) is 48.5 Å². The normalized spacial score (nSPS) is 10.6.